The van der Waals surface area contributed by atoms with E-state index in [4.69, 9.17) is 9.57 Å². The van der Waals surface area contributed by atoms with Gasteiger partial charge in [-0.05, 0) is 95.3 Å². The second-order valence-corrected chi connectivity index (χ2v) is 29.7. The summed E-state index contributed by atoms with van der Waals surface area (Å²) in [7, 11) is 4.09. The topological polar surface area (TPSA) is 340 Å². The number of hydroxylamine groups is 2. The van der Waals surface area contributed by atoms with E-state index < -0.39 is 178 Å². The Morgan fingerprint density at radius 3 is 1.54 bits per heavy atom. The molecule has 2 fully saturated rings. The molecule has 0 aromatic heterocycles. The number of hydrogen-bond acceptors (Lipinski definition) is 16. The van der Waals surface area contributed by atoms with Crippen molar-refractivity contribution in [3.63, 3.8) is 0 Å². The van der Waals surface area contributed by atoms with Crippen LogP contribution in [0.5, 0.6) is 0 Å². The third-order valence-corrected chi connectivity index (χ3v) is 17.8. The van der Waals surface area contributed by atoms with E-state index in [-0.39, 0.29) is 49.4 Å². The average molecular weight is 1340 g/mol. The number of rotatable bonds is 16. The molecule has 0 saturated carbocycles. The first-order valence-corrected chi connectivity index (χ1v) is 34.2. The van der Waals surface area contributed by atoms with Gasteiger partial charge in [-0.25, -0.2) is 23.0 Å². The summed E-state index contributed by atoms with van der Waals surface area (Å²) in [5.41, 5.74) is -1.61. The number of sulfonamides is 1. The molecule has 0 radical (unpaired) electrons. The standard InChI is InChI=1S/C64H112N12O16S/c1-26-28-29-39(13)50-49-54(79)67-43(27-2)58(83)70(19)42(16)57(82)75(24)51(64(17,18)33-91-63(88)69-93(25,89)90)55(80)68-47(37(9)10)61(86)71(20)44(30-34(3)4)53(78)65-40(14)52(77)66-41(15)56(81)72(21)45(31-35(5)6)59(84)73(22)46(32-36(7)8)60(85)74(23)48(38(11)12)62(87)76(49)92-50/h26,28,34-51H,27,29-33H2,1-25H3,(H,65,78)(H,66,77)(H,67,79)(H,68,80)(H,69,88)/b28-26+/t39-,40+,41-,42-,43+,44+,45+,46+,47+,48+,49+,50-,51-/m1/s1. The maximum Gasteiger partial charge on any atom is 0.420 e. The quantitative estimate of drug-likeness (QED) is 0.139. The molecule has 12 amide bonds. The van der Waals surface area contributed by atoms with Gasteiger partial charge in [-0.2, -0.15) is 0 Å². The van der Waals surface area contributed by atoms with Crippen LogP contribution in [0.25, 0.3) is 0 Å². The van der Waals surface area contributed by atoms with E-state index in [1.54, 1.807) is 39.3 Å². The van der Waals surface area contributed by atoms with Gasteiger partial charge in [0, 0.05) is 47.7 Å². The Labute approximate surface area is 552 Å². The Balaban J connectivity index is 3.06. The van der Waals surface area contributed by atoms with Crippen molar-refractivity contribution in [2.75, 3.05) is 55.1 Å². The van der Waals surface area contributed by atoms with Crippen molar-refractivity contribution in [1.29, 1.82) is 0 Å². The lowest BCUT2D eigenvalue weighted by Gasteiger charge is -2.50. The molecule has 2 rings (SSSR count). The molecule has 0 unspecified atom stereocenters. The minimum atomic E-state index is -4.12. The number of carbonyl (C=O) groups excluding carboxylic acids is 12. The SMILES string of the molecule is C/C=C/C[C@@H](C)[C@H]1ON2C(=O)[C@H](C(C)C)N(C)C(=O)[C@H](CC(C)C)N(C)C(=O)[C@H](CC(C)C)N(C)C(=O)[C@@H](C)NC(=O)[C@H](C)NC(=O)[C@H](CC(C)C)N(C)C(=O)[C@H](C(C)C)NC(=O)[C@H](C(C)(C)COC(=O)NS(C)(=O)=O)N(C)C(=O)[C@@H](C)N(C)C(=O)[C@H](CC)NC(=O)[C@H]12. The van der Waals surface area contributed by atoms with Crippen molar-refractivity contribution in [3.05, 3.63) is 12.2 Å². The molecule has 2 aliphatic heterocycles. The molecular weight excluding hydrogens is 1220 g/mol. The van der Waals surface area contributed by atoms with Gasteiger partial charge >= 0.3 is 6.09 Å². The number of carbonyl (C=O) groups is 12. The zero-order chi connectivity index (χ0) is 72.0. The summed E-state index contributed by atoms with van der Waals surface area (Å²) >= 11 is 0. The number of amides is 12. The fraction of sp³-hybridized carbons (Fsp3) is 0.781. The fourth-order valence-corrected chi connectivity index (χ4v) is 12.0. The molecular formula is C64H112N12O16S. The van der Waals surface area contributed by atoms with Gasteiger partial charge < -0.3 is 55.4 Å². The number of allylic oxidation sites excluding steroid dienone is 2. The molecule has 0 spiro atoms. The smallest absolute Gasteiger partial charge is 0.420 e. The van der Waals surface area contributed by atoms with Crippen molar-refractivity contribution in [2.45, 2.75) is 229 Å². The Morgan fingerprint density at radius 1 is 0.581 bits per heavy atom. The third-order valence-electron chi connectivity index (χ3n) is 17.2. The number of nitrogens with one attached hydrogen (secondary N) is 5. The summed E-state index contributed by atoms with van der Waals surface area (Å²) in [6, 6.07) is -14.6. The molecule has 0 bridgehead atoms. The first-order chi connectivity index (χ1) is 42.7. The zero-order valence-corrected chi connectivity index (χ0v) is 60.7. The minimum Gasteiger partial charge on any atom is -0.448 e. The van der Waals surface area contributed by atoms with Crippen LogP contribution in [-0.4, -0.2) is 242 Å². The summed E-state index contributed by atoms with van der Waals surface area (Å²) in [4.78, 5) is 189. The Kier molecular flexibility index (Phi) is 30.9. The van der Waals surface area contributed by atoms with Gasteiger partial charge in [0.15, 0.2) is 6.04 Å². The third kappa shape index (κ3) is 21.8. The number of likely N-dealkylation sites (N-methyl/N-ethyl adjacent to an activating group) is 6. The summed E-state index contributed by atoms with van der Waals surface area (Å²) in [6.45, 7) is 29.4. The molecule has 530 valence electrons. The second kappa shape index (κ2) is 35.0. The highest BCUT2D eigenvalue weighted by Crippen LogP contribution is 2.34. The molecule has 13 atom stereocenters. The minimum absolute atomic E-state index is 0.0277. The lowest BCUT2D eigenvalue weighted by Crippen LogP contribution is -2.72. The van der Waals surface area contributed by atoms with E-state index in [1.165, 1.54) is 91.6 Å². The van der Waals surface area contributed by atoms with Crippen LogP contribution >= 0.6 is 0 Å². The van der Waals surface area contributed by atoms with E-state index in [2.05, 4.69) is 21.3 Å². The van der Waals surface area contributed by atoms with Crippen LogP contribution in [0.15, 0.2) is 12.2 Å². The van der Waals surface area contributed by atoms with Gasteiger partial charge in [-0.15, -0.1) is 0 Å². The van der Waals surface area contributed by atoms with Gasteiger partial charge in [0.2, 0.25) is 69.1 Å². The van der Waals surface area contributed by atoms with Crippen LogP contribution in [0.3, 0.4) is 0 Å². The van der Waals surface area contributed by atoms with Crippen molar-refractivity contribution in [2.24, 2.45) is 40.9 Å². The molecule has 29 heteroatoms. The summed E-state index contributed by atoms with van der Waals surface area (Å²) in [5, 5.41) is 11.8. The van der Waals surface area contributed by atoms with E-state index in [1.807, 2.05) is 67.5 Å². The van der Waals surface area contributed by atoms with Crippen LogP contribution < -0.4 is 26.0 Å². The van der Waals surface area contributed by atoms with Crippen molar-refractivity contribution < 1.29 is 75.5 Å². The maximum absolute atomic E-state index is 15.1. The van der Waals surface area contributed by atoms with Gasteiger partial charge in [-0.3, -0.25) is 57.6 Å². The summed E-state index contributed by atoms with van der Waals surface area (Å²) in [6.07, 6.45) is 2.82. The predicted octanol–water partition coefficient (Wildman–Crippen LogP) is 2.65. The first kappa shape index (κ1) is 82.2. The molecule has 28 nitrogen and oxygen atoms in total. The van der Waals surface area contributed by atoms with Crippen LogP contribution in [0.1, 0.15) is 157 Å². The van der Waals surface area contributed by atoms with Crippen molar-refractivity contribution in [1.82, 2.24) is 60.5 Å². The average Bonchev–Trinajstić information content (AvgIpc) is 0.759. The predicted molar refractivity (Wildman–Crippen MR) is 350 cm³/mol. The summed E-state index contributed by atoms with van der Waals surface area (Å²) in [5.74, 6) is -10.6. The molecule has 2 aliphatic rings. The lowest BCUT2D eigenvalue weighted by molar-refractivity contribution is -0.321. The largest absolute Gasteiger partial charge is 0.448 e. The molecule has 2 heterocycles. The molecule has 0 aromatic carbocycles. The second-order valence-electron chi connectivity index (χ2n) is 28.0. The Bertz CT molecular complexity index is 2830. The number of ether oxygens (including phenoxy) is 1. The van der Waals surface area contributed by atoms with E-state index in [9.17, 15) is 51.6 Å². The van der Waals surface area contributed by atoms with Gasteiger partial charge in [0.1, 0.15) is 73.1 Å². The Hall–Kier alpha value is -6.91. The van der Waals surface area contributed by atoms with Crippen LogP contribution in [0, 0.1) is 40.9 Å². The number of fused-ring (bicyclic) bond motifs is 1. The lowest BCUT2D eigenvalue weighted by atomic mass is 9.83. The molecule has 0 aliphatic carbocycles. The van der Waals surface area contributed by atoms with Crippen molar-refractivity contribution in [3.8, 4) is 0 Å². The molecule has 0 aromatic rings. The summed E-state index contributed by atoms with van der Waals surface area (Å²) < 4.78 is 31.0. The Morgan fingerprint density at radius 2 is 1.06 bits per heavy atom. The highest BCUT2D eigenvalue weighted by molar-refractivity contribution is 7.89. The fourth-order valence-electron chi connectivity index (χ4n) is 11.6. The van der Waals surface area contributed by atoms with Gasteiger partial charge in [-0.1, -0.05) is 109 Å². The highest BCUT2D eigenvalue weighted by Gasteiger charge is 2.55. The van der Waals surface area contributed by atoms with Gasteiger partial charge in [0.05, 0.1) is 6.26 Å². The normalized spacial score (nSPS) is 27.5. The zero-order valence-electron chi connectivity index (χ0n) is 59.9. The van der Waals surface area contributed by atoms with E-state index >= 15 is 14.4 Å². The van der Waals surface area contributed by atoms with Crippen molar-refractivity contribution >= 4 is 81.1 Å². The maximum atomic E-state index is 15.1. The van der Waals surface area contributed by atoms with E-state index in [0.717, 1.165) is 26.0 Å². The highest BCUT2D eigenvalue weighted by atomic mass is 32.2. The van der Waals surface area contributed by atoms with E-state index in [0.29, 0.717) is 6.42 Å². The van der Waals surface area contributed by atoms with Crippen LogP contribution in [-0.2, 0) is 72.3 Å². The van der Waals surface area contributed by atoms with Crippen LogP contribution in [0.4, 0.5) is 4.79 Å². The molecule has 2 saturated heterocycles. The molecule has 93 heavy (non-hydrogen) atoms. The number of hydrogen-bond donors (Lipinski definition) is 5. The first-order valence-electron chi connectivity index (χ1n) is 32.3. The monoisotopic (exact) mass is 1340 g/mol. The molecule has 5 N–H and O–H groups in total. The van der Waals surface area contributed by atoms with Crippen LogP contribution in [0.2, 0.25) is 0 Å². The number of nitrogens with zero attached hydrogens (tertiary/aromatic N) is 7. The van der Waals surface area contributed by atoms with Gasteiger partial charge in [0.25, 0.3) is 5.91 Å².